The van der Waals surface area contributed by atoms with Gasteiger partial charge in [0.15, 0.2) is 11.6 Å². The number of benzene rings is 1. The van der Waals surface area contributed by atoms with Crippen molar-refractivity contribution in [1.29, 1.82) is 0 Å². The Bertz CT molecular complexity index is 532. The van der Waals surface area contributed by atoms with E-state index < -0.39 is 0 Å². The zero-order chi connectivity index (χ0) is 13.1. The number of rotatable bonds is 4. The summed E-state index contributed by atoms with van der Waals surface area (Å²) in [6, 6.07) is 7.77. The number of aromatic nitrogens is 1. The number of nitrogens with two attached hydrogens (primary N) is 1. The molecule has 2 rings (SSSR count). The fourth-order valence-corrected chi connectivity index (χ4v) is 1.87. The maximum Gasteiger partial charge on any atom is 0.172 e. The van der Waals surface area contributed by atoms with Gasteiger partial charge in [-0.2, -0.15) is 0 Å². The number of nitrogens with zero attached hydrogens (tertiary/aromatic N) is 1. The van der Waals surface area contributed by atoms with Crippen LogP contribution < -0.4 is 10.5 Å². The van der Waals surface area contributed by atoms with E-state index in [9.17, 15) is 0 Å². The minimum absolute atomic E-state index is 0.144. The minimum Gasteiger partial charge on any atom is -0.491 e. The van der Waals surface area contributed by atoms with Crippen molar-refractivity contribution >= 4 is 5.82 Å². The molecule has 4 heteroatoms. The standard InChI is InChI=1S/C14H18N2O2/c1-4-12-13(18-16-14(12)15)10-6-5-7-11(8-10)17-9(2)3/h5-9H,4H2,1-3H3,(H2,15,16). The molecule has 0 bridgehead atoms. The van der Waals surface area contributed by atoms with Crippen LogP contribution in [0.25, 0.3) is 11.3 Å². The third kappa shape index (κ3) is 2.47. The summed E-state index contributed by atoms with van der Waals surface area (Å²) in [4.78, 5) is 0. The first kappa shape index (κ1) is 12.5. The van der Waals surface area contributed by atoms with Gasteiger partial charge in [0.05, 0.1) is 6.10 Å². The molecule has 4 nitrogen and oxygen atoms in total. The molecule has 2 N–H and O–H groups in total. The van der Waals surface area contributed by atoms with E-state index in [2.05, 4.69) is 5.16 Å². The fraction of sp³-hybridized carbons (Fsp3) is 0.357. The van der Waals surface area contributed by atoms with Crippen molar-refractivity contribution in [1.82, 2.24) is 5.16 Å². The van der Waals surface area contributed by atoms with Crippen LogP contribution in [0.5, 0.6) is 5.75 Å². The van der Waals surface area contributed by atoms with Crippen LogP contribution >= 0.6 is 0 Å². The highest BCUT2D eigenvalue weighted by molar-refractivity contribution is 5.67. The van der Waals surface area contributed by atoms with Crippen LogP contribution in [-0.2, 0) is 6.42 Å². The van der Waals surface area contributed by atoms with Crippen molar-refractivity contribution in [3.63, 3.8) is 0 Å². The molecular formula is C14H18N2O2. The van der Waals surface area contributed by atoms with Crippen molar-refractivity contribution in [3.05, 3.63) is 29.8 Å². The summed E-state index contributed by atoms with van der Waals surface area (Å²) in [5, 5.41) is 3.82. The highest BCUT2D eigenvalue weighted by atomic mass is 16.5. The predicted molar refractivity (Wildman–Crippen MR) is 71.5 cm³/mol. The Hall–Kier alpha value is -1.97. The molecule has 0 fully saturated rings. The van der Waals surface area contributed by atoms with E-state index in [0.29, 0.717) is 5.82 Å². The van der Waals surface area contributed by atoms with Gasteiger partial charge in [0, 0.05) is 11.1 Å². The van der Waals surface area contributed by atoms with E-state index >= 15 is 0 Å². The molecule has 0 atom stereocenters. The van der Waals surface area contributed by atoms with Gasteiger partial charge in [0.2, 0.25) is 0 Å². The average Bonchev–Trinajstić information content (AvgIpc) is 2.70. The van der Waals surface area contributed by atoms with E-state index in [0.717, 1.165) is 29.1 Å². The van der Waals surface area contributed by atoms with Gasteiger partial charge in [-0.15, -0.1) is 0 Å². The lowest BCUT2D eigenvalue weighted by molar-refractivity contribution is 0.242. The molecule has 0 saturated carbocycles. The Morgan fingerprint density at radius 1 is 1.39 bits per heavy atom. The topological polar surface area (TPSA) is 61.3 Å². The Morgan fingerprint density at radius 3 is 2.83 bits per heavy atom. The summed E-state index contributed by atoms with van der Waals surface area (Å²) in [7, 11) is 0. The van der Waals surface area contributed by atoms with Crippen LogP contribution in [-0.4, -0.2) is 11.3 Å². The summed E-state index contributed by atoms with van der Waals surface area (Å²) < 4.78 is 11.0. The lowest BCUT2D eigenvalue weighted by Crippen LogP contribution is -2.05. The summed E-state index contributed by atoms with van der Waals surface area (Å²) >= 11 is 0. The Morgan fingerprint density at radius 2 is 2.17 bits per heavy atom. The van der Waals surface area contributed by atoms with E-state index in [-0.39, 0.29) is 6.10 Å². The van der Waals surface area contributed by atoms with Gasteiger partial charge < -0.3 is 15.0 Å². The lowest BCUT2D eigenvalue weighted by Gasteiger charge is -2.10. The Labute approximate surface area is 107 Å². The number of ether oxygens (including phenoxy) is 1. The maximum absolute atomic E-state index is 5.77. The molecule has 0 unspecified atom stereocenters. The van der Waals surface area contributed by atoms with E-state index in [1.807, 2.05) is 45.0 Å². The molecule has 0 saturated heterocycles. The minimum atomic E-state index is 0.144. The molecule has 0 amide bonds. The monoisotopic (exact) mass is 246 g/mol. The first-order valence-corrected chi connectivity index (χ1v) is 6.13. The molecule has 1 heterocycles. The van der Waals surface area contributed by atoms with Crippen LogP contribution in [0.2, 0.25) is 0 Å². The van der Waals surface area contributed by atoms with Crippen molar-refractivity contribution < 1.29 is 9.26 Å². The van der Waals surface area contributed by atoms with Crippen LogP contribution in [0, 0.1) is 0 Å². The highest BCUT2D eigenvalue weighted by Crippen LogP contribution is 2.30. The molecule has 1 aromatic heterocycles. The summed E-state index contributed by atoms with van der Waals surface area (Å²) in [5.41, 5.74) is 7.65. The predicted octanol–water partition coefficient (Wildman–Crippen LogP) is 3.27. The first-order chi connectivity index (χ1) is 8.61. The van der Waals surface area contributed by atoms with Crippen molar-refractivity contribution in [2.75, 3.05) is 5.73 Å². The van der Waals surface area contributed by atoms with E-state index in [1.54, 1.807) is 0 Å². The van der Waals surface area contributed by atoms with Gasteiger partial charge in [-0.1, -0.05) is 24.2 Å². The van der Waals surface area contributed by atoms with Gasteiger partial charge in [-0.25, -0.2) is 0 Å². The molecule has 96 valence electrons. The van der Waals surface area contributed by atoms with E-state index in [1.165, 1.54) is 0 Å². The van der Waals surface area contributed by atoms with Crippen molar-refractivity contribution in [3.8, 4) is 17.1 Å². The second-order valence-electron chi connectivity index (χ2n) is 4.42. The van der Waals surface area contributed by atoms with Gasteiger partial charge >= 0.3 is 0 Å². The normalized spacial score (nSPS) is 10.9. The molecule has 0 aliphatic heterocycles. The second-order valence-corrected chi connectivity index (χ2v) is 4.42. The van der Waals surface area contributed by atoms with Crippen LogP contribution in [0.4, 0.5) is 5.82 Å². The van der Waals surface area contributed by atoms with Crippen LogP contribution in [0.15, 0.2) is 28.8 Å². The highest BCUT2D eigenvalue weighted by Gasteiger charge is 2.14. The lowest BCUT2D eigenvalue weighted by atomic mass is 10.1. The first-order valence-electron chi connectivity index (χ1n) is 6.13. The van der Waals surface area contributed by atoms with Gasteiger partial charge in [0.25, 0.3) is 0 Å². The molecule has 2 aromatic rings. The Balaban J connectivity index is 2.38. The van der Waals surface area contributed by atoms with Crippen molar-refractivity contribution in [2.24, 2.45) is 0 Å². The molecule has 0 aliphatic carbocycles. The fourth-order valence-electron chi connectivity index (χ4n) is 1.87. The molecule has 0 aliphatic rings. The molecule has 1 aromatic carbocycles. The summed E-state index contributed by atoms with van der Waals surface area (Å²) in [5.74, 6) is 2.01. The number of hydrogen-bond donors (Lipinski definition) is 1. The SMILES string of the molecule is CCc1c(N)noc1-c1cccc(OC(C)C)c1. The largest absolute Gasteiger partial charge is 0.491 e. The number of nitrogen functional groups attached to an aromatic ring is 1. The zero-order valence-electron chi connectivity index (χ0n) is 10.9. The summed E-state index contributed by atoms with van der Waals surface area (Å²) in [6.45, 7) is 6.02. The maximum atomic E-state index is 5.77. The average molecular weight is 246 g/mol. The number of hydrogen-bond acceptors (Lipinski definition) is 4. The molecule has 0 radical (unpaired) electrons. The van der Waals surface area contributed by atoms with Gasteiger partial charge in [0.1, 0.15) is 5.75 Å². The number of anilines is 1. The third-order valence-corrected chi connectivity index (χ3v) is 2.64. The molecular weight excluding hydrogens is 228 g/mol. The smallest absolute Gasteiger partial charge is 0.172 e. The summed E-state index contributed by atoms with van der Waals surface area (Å²) in [6.07, 6.45) is 0.936. The van der Waals surface area contributed by atoms with Crippen LogP contribution in [0.3, 0.4) is 0 Å². The third-order valence-electron chi connectivity index (χ3n) is 2.64. The van der Waals surface area contributed by atoms with Crippen molar-refractivity contribution in [2.45, 2.75) is 33.3 Å². The van der Waals surface area contributed by atoms with Gasteiger partial charge in [-0.3, -0.25) is 0 Å². The van der Waals surface area contributed by atoms with Gasteiger partial charge in [-0.05, 0) is 32.4 Å². The molecule has 0 spiro atoms. The Kier molecular flexibility index (Phi) is 3.55. The molecule has 18 heavy (non-hydrogen) atoms. The second kappa shape index (κ2) is 5.12. The quantitative estimate of drug-likeness (QED) is 0.899. The van der Waals surface area contributed by atoms with E-state index in [4.69, 9.17) is 15.0 Å². The zero-order valence-corrected chi connectivity index (χ0v) is 10.9. The van der Waals surface area contributed by atoms with Crippen LogP contribution in [0.1, 0.15) is 26.3 Å².